The van der Waals surface area contributed by atoms with Gasteiger partial charge in [-0.05, 0) is 25.1 Å². The second-order valence-electron chi connectivity index (χ2n) is 3.22. The third-order valence-electron chi connectivity index (χ3n) is 2.14. The SMILES string of the molecule is CCCCCNC1CCSC1. The lowest BCUT2D eigenvalue weighted by molar-refractivity contribution is 0.533. The molecule has 0 bridgehead atoms. The molecule has 1 N–H and O–H groups in total. The summed E-state index contributed by atoms with van der Waals surface area (Å²) in [6.45, 7) is 3.49. The quantitative estimate of drug-likeness (QED) is 0.640. The monoisotopic (exact) mass is 173 g/mol. The summed E-state index contributed by atoms with van der Waals surface area (Å²) < 4.78 is 0. The summed E-state index contributed by atoms with van der Waals surface area (Å²) in [5.74, 6) is 2.71. The topological polar surface area (TPSA) is 12.0 Å². The van der Waals surface area contributed by atoms with Gasteiger partial charge in [-0.2, -0.15) is 11.8 Å². The fourth-order valence-electron chi connectivity index (χ4n) is 1.38. The molecule has 66 valence electrons. The van der Waals surface area contributed by atoms with Crippen LogP contribution in [0, 0.1) is 0 Å². The highest BCUT2D eigenvalue weighted by Crippen LogP contribution is 2.16. The Morgan fingerprint density at radius 1 is 1.45 bits per heavy atom. The number of rotatable bonds is 5. The number of nitrogens with one attached hydrogen (secondary N) is 1. The highest BCUT2D eigenvalue weighted by Gasteiger charge is 2.13. The molecule has 1 atom stereocenters. The van der Waals surface area contributed by atoms with E-state index in [0.29, 0.717) is 0 Å². The minimum absolute atomic E-state index is 0.830. The highest BCUT2D eigenvalue weighted by atomic mass is 32.2. The van der Waals surface area contributed by atoms with Crippen LogP contribution in [-0.4, -0.2) is 24.1 Å². The molecule has 1 nitrogen and oxygen atoms in total. The summed E-state index contributed by atoms with van der Waals surface area (Å²) >= 11 is 2.08. The van der Waals surface area contributed by atoms with Crippen LogP contribution in [0.2, 0.25) is 0 Å². The lowest BCUT2D eigenvalue weighted by atomic mass is 10.2. The van der Waals surface area contributed by atoms with Gasteiger partial charge in [-0.1, -0.05) is 19.8 Å². The van der Waals surface area contributed by atoms with Crippen LogP contribution in [0.5, 0.6) is 0 Å². The number of hydrogen-bond donors (Lipinski definition) is 1. The third-order valence-corrected chi connectivity index (χ3v) is 3.31. The van der Waals surface area contributed by atoms with Gasteiger partial charge in [0, 0.05) is 11.8 Å². The fourth-order valence-corrected chi connectivity index (χ4v) is 2.56. The van der Waals surface area contributed by atoms with E-state index in [1.165, 1.54) is 43.7 Å². The summed E-state index contributed by atoms with van der Waals surface area (Å²) in [5.41, 5.74) is 0. The molecule has 1 aliphatic heterocycles. The predicted octanol–water partition coefficient (Wildman–Crippen LogP) is 2.27. The smallest absolute Gasteiger partial charge is 0.0166 e. The normalized spacial score (nSPS) is 24.3. The van der Waals surface area contributed by atoms with E-state index in [9.17, 15) is 0 Å². The van der Waals surface area contributed by atoms with Crippen molar-refractivity contribution in [1.82, 2.24) is 5.32 Å². The number of thioether (sulfide) groups is 1. The Kier molecular flexibility index (Phi) is 5.04. The van der Waals surface area contributed by atoms with E-state index >= 15 is 0 Å². The molecule has 0 saturated carbocycles. The van der Waals surface area contributed by atoms with Gasteiger partial charge in [-0.25, -0.2) is 0 Å². The molecule has 1 unspecified atom stereocenters. The maximum Gasteiger partial charge on any atom is 0.0166 e. The Bertz CT molecular complexity index is 89.6. The second kappa shape index (κ2) is 5.90. The maximum absolute atomic E-state index is 3.60. The zero-order chi connectivity index (χ0) is 7.94. The molecule has 1 aliphatic rings. The molecular formula is C9H19NS. The van der Waals surface area contributed by atoms with Crippen LogP contribution in [0.3, 0.4) is 0 Å². The van der Waals surface area contributed by atoms with Crippen LogP contribution in [0.15, 0.2) is 0 Å². The molecule has 0 aromatic rings. The van der Waals surface area contributed by atoms with E-state index in [1.54, 1.807) is 0 Å². The van der Waals surface area contributed by atoms with Gasteiger partial charge < -0.3 is 5.32 Å². The van der Waals surface area contributed by atoms with Gasteiger partial charge in [0.15, 0.2) is 0 Å². The van der Waals surface area contributed by atoms with Gasteiger partial charge in [0.05, 0.1) is 0 Å². The van der Waals surface area contributed by atoms with Crippen molar-refractivity contribution in [3.05, 3.63) is 0 Å². The lowest BCUT2D eigenvalue weighted by Gasteiger charge is -2.09. The molecule has 1 heterocycles. The zero-order valence-corrected chi connectivity index (χ0v) is 8.25. The molecule has 0 aromatic carbocycles. The summed E-state index contributed by atoms with van der Waals surface area (Å²) in [5, 5.41) is 3.60. The van der Waals surface area contributed by atoms with E-state index < -0.39 is 0 Å². The van der Waals surface area contributed by atoms with Crippen molar-refractivity contribution in [2.45, 2.75) is 38.6 Å². The Morgan fingerprint density at radius 3 is 3.00 bits per heavy atom. The van der Waals surface area contributed by atoms with Crippen LogP contribution in [0.25, 0.3) is 0 Å². The van der Waals surface area contributed by atoms with Crippen molar-refractivity contribution in [2.24, 2.45) is 0 Å². The molecule has 0 spiro atoms. The predicted molar refractivity (Wildman–Crippen MR) is 53.3 cm³/mol. The van der Waals surface area contributed by atoms with Crippen molar-refractivity contribution in [2.75, 3.05) is 18.1 Å². The van der Waals surface area contributed by atoms with Crippen LogP contribution in [0.1, 0.15) is 32.6 Å². The molecule has 1 fully saturated rings. The summed E-state index contributed by atoms with van der Waals surface area (Å²) in [7, 11) is 0. The van der Waals surface area contributed by atoms with Crippen molar-refractivity contribution < 1.29 is 0 Å². The molecule has 2 heteroatoms. The Morgan fingerprint density at radius 2 is 2.36 bits per heavy atom. The van der Waals surface area contributed by atoms with E-state index in [0.717, 1.165) is 6.04 Å². The summed E-state index contributed by atoms with van der Waals surface area (Å²) in [6, 6.07) is 0.830. The molecule has 1 saturated heterocycles. The Labute approximate surface area is 74.3 Å². The number of hydrogen-bond acceptors (Lipinski definition) is 2. The van der Waals surface area contributed by atoms with E-state index in [1.807, 2.05) is 0 Å². The van der Waals surface area contributed by atoms with Gasteiger partial charge in [0.2, 0.25) is 0 Å². The summed E-state index contributed by atoms with van der Waals surface area (Å²) in [6.07, 6.45) is 5.46. The first-order valence-electron chi connectivity index (χ1n) is 4.74. The van der Waals surface area contributed by atoms with Crippen LogP contribution in [0.4, 0.5) is 0 Å². The standard InChI is InChI=1S/C9H19NS/c1-2-3-4-6-10-9-5-7-11-8-9/h9-10H,2-8H2,1H3. The molecule has 11 heavy (non-hydrogen) atoms. The van der Waals surface area contributed by atoms with E-state index in [2.05, 4.69) is 24.0 Å². The molecule has 1 rings (SSSR count). The van der Waals surface area contributed by atoms with E-state index in [-0.39, 0.29) is 0 Å². The van der Waals surface area contributed by atoms with Crippen LogP contribution in [-0.2, 0) is 0 Å². The molecule has 0 amide bonds. The van der Waals surface area contributed by atoms with Crippen molar-refractivity contribution in [1.29, 1.82) is 0 Å². The molecule has 0 radical (unpaired) electrons. The molecule has 0 aliphatic carbocycles. The second-order valence-corrected chi connectivity index (χ2v) is 4.37. The maximum atomic E-state index is 3.60. The van der Waals surface area contributed by atoms with Gasteiger partial charge >= 0.3 is 0 Å². The number of unbranched alkanes of at least 4 members (excludes halogenated alkanes) is 2. The molecular weight excluding hydrogens is 154 g/mol. The first kappa shape index (κ1) is 9.40. The first-order chi connectivity index (χ1) is 5.43. The lowest BCUT2D eigenvalue weighted by Crippen LogP contribution is -2.29. The zero-order valence-electron chi connectivity index (χ0n) is 7.44. The van der Waals surface area contributed by atoms with Crippen LogP contribution < -0.4 is 5.32 Å². The van der Waals surface area contributed by atoms with Crippen molar-refractivity contribution in [3.63, 3.8) is 0 Å². The minimum atomic E-state index is 0.830. The largest absolute Gasteiger partial charge is 0.313 e. The third kappa shape index (κ3) is 4.02. The van der Waals surface area contributed by atoms with Gasteiger partial charge in [0.1, 0.15) is 0 Å². The average Bonchev–Trinajstić information content (AvgIpc) is 2.50. The highest BCUT2D eigenvalue weighted by molar-refractivity contribution is 7.99. The first-order valence-corrected chi connectivity index (χ1v) is 5.90. The van der Waals surface area contributed by atoms with E-state index in [4.69, 9.17) is 0 Å². The van der Waals surface area contributed by atoms with Gasteiger partial charge in [0.25, 0.3) is 0 Å². The molecule has 0 aromatic heterocycles. The minimum Gasteiger partial charge on any atom is -0.313 e. The van der Waals surface area contributed by atoms with Crippen molar-refractivity contribution >= 4 is 11.8 Å². The van der Waals surface area contributed by atoms with Crippen molar-refractivity contribution in [3.8, 4) is 0 Å². The Hall–Kier alpha value is 0.310. The summed E-state index contributed by atoms with van der Waals surface area (Å²) in [4.78, 5) is 0. The fraction of sp³-hybridized carbons (Fsp3) is 1.00. The Balaban J connectivity index is 1.86. The average molecular weight is 173 g/mol. The van der Waals surface area contributed by atoms with Crippen LogP contribution >= 0.6 is 11.8 Å². The van der Waals surface area contributed by atoms with Gasteiger partial charge in [-0.15, -0.1) is 0 Å². The van der Waals surface area contributed by atoms with Gasteiger partial charge in [-0.3, -0.25) is 0 Å².